The lowest BCUT2D eigenvalue weighted by Gasteiger charge is -2.26. The summed E-state index contributed by atoms with van der Waals surface area (Å²) in [5.41, 5.74) is 3.28. The molecule has 7 nitrogen and oxygen atoms in total. The van der Waals surface area contributed by atoms with E-state index in [9.17, 15) is 14.7 Å². The summed E-state index contributed by atoms with van der Waals surface area (Å²) in [6.45, 7) is 4.04. The lowest BCUT2D eigenvalue weighted by atomic mass is 10.0. The van der Waals surface area contributed by atoms with Gasteiger partial charge in [-0.05, 0) is 18.6 Å². The third-order valence-electron chi connectivity index (χ3n) is 3.99. The van der Waals surface area contributed by atoms with Gasteiger partial charge in [-0.1, -0.05) is 11.6 Å². The maximum Gasteiger partial charge on any atom is 0.340 e. The molecule has 1 aromatic carbocycles. The number of morpholine rings is 1. The van der Waals surface area contributed by atoms with Crippen molar-refractivity contribution >= 4 is 28.5 Å². The molecule has 0 radical (unpaired) electrons. The fourth-order valence-electron chi connectivity index (χ4n) is 2.65. The molecule has 1 aromatic heterocycles. The predicted octanol–water partition coefficient (Wildman–Crippen LogP) is 1.37. The van der Waals surface area contributed by atoms with Crippen LogP contribution in [-0.2, 0) is 16.0 Å². The van der Waals surface area contributed by atoms with Gasteiger partial charge in [0.2, 0.25) is 5.91 Å². The van der Waals surface area contributed by atoms with Crippen molar-refractivity contribution in [2.45, 2.75) is 13.3 Å². The Hall–Kier alpha value is -2.09. The molecule has 128 valence electrons. The second kappa shape index (κ2) is 6.80. The number of hydrazine groups is 1. The predicted molar refractivity (Wildman–Crippen MR) is 88.1 cm³/mol. The number of aromatic hydroxyl groups is 1. The number of carbonyl (C=O) groups excluding carboxylic acids is 1. The number of phenols is 1. The summed E-state index contributed by atoms with van der Waals surface area (Å²) in [6, 6.07) is 2.82. The number of nitrogens with one attached hydrogen (secondary N) is 1. The summed E-state index contributed by atoms with van der Waals surface area (Å²) in [5, 5.41) is 12.1. The van der Waals surface area contributed by atoms with Gasteiger partial charge in [0.05, 0.1) is 30.2 Å². The second-order valence-electron chi connectivity index (χ2n) is 5.60. The number of fused-ring (bicyclic) bond motifs is 1. The summed E-state index contributed by atoms with van der Waals surface area (Å²) in [4.78, 5) is 24.4. The number of benzene rings is 1. The number of hydrogen-bond donors (Lipinski definition) is 2. The van der Waals surface area contributed by atoms with Gasteiger partial charge in [0.15, 0.2) is 0 Å². The smallest absolute Gasteiger partial charge is 0.340 e. The highest BCUT2D eigenvalue weighted by atomic mass is 35.5. The quantitative estimate of drug-likeness (QED) is 0.810. The minimum absolute atomic E-state index is 0.0973. The van der Waals surface area contributed by atoms with E-state index < -0.39 is 5.63 Å². The van der Waals surface area contributed by atoms with E-state index in [4.69, 9.17) is 20.8 Å². The molecule has 1 amide bonds. The molecule has 2 aromatic rings. The molecule has 1 aliphatic heterocycles. The molecule has 8 heteroatoms. The highest BCUT2D eigenvalue weighted by Gasteiger charge is 2.18. The number of ether oxygens (including phenoxy) is 1. The van der Waals surface area contributed by atoms with Gasteiger partial charge in [-0.25, -0.2) is 9.80 Å². The average molecular weight is 353 g/mol. The van der Waals surface area contributed by atoms with Crippen LogP contribution >= 0.6 is 11.6 Å². The van der Waals surface area contributed by atoms with E-state index in [-0.39, 0.29) is 34.2 Å². The van der Waals surface area contributed by atoms with E-state index >= 15 is 0 Å². The summed E-state index contributed by atoms with van der Waals surface area (Å²) >= 11 is 5.92. The average Bonchev–Trinajstić information content (AvgIpc) is 2.55. The largest absolute Gasteiger partial charge is 0.506 e. The molecular weight excluding hydrogens is 336 g/mol. The van der Waals surface area contributed by atoms with Gasteiger partial charge < -0.3 is 14.3 Å². The lowest BCUT2D eigenvalue weighted by Crippen LogP contribution is -2.49. The number of aryl methyl sites for hydroxylation is 1. The van der Waals surface area contributed by atoms with Crippen LogP contribution in [0.3, 0.4) is 0 Å². The van der Waals surface area contributed by atoms with Crippen molar-refractivity contribution in [1.82, 2.24) is 10.4 Å². The van der Waals surface area contributed by atoms with Crippen LogP contribution in [0.4, 0.5) is 0 Å². The van der Waals surface area contributed by atoms with Gasteiger partial charge in [0.25, 0.3) is 0 Å². The number of halogens is 1. The molecule has 1 aliphatic rings. The van der Waals surface area contributed by atoms with Crippen molar-refractivity contribution in [2.75, 3.05) is 26.3 Å². The Morgan fingerprint density at radius 2 is 2.08 bits per heavy atom. The molecule has 0 aliphatic carbocycles. The van der Waals surface area contributed by atoms with Crippen LogP contribution in [0.15, 0.2) is 21.3 Å². The molecular formula is C16H17ClN2O5. The first-order valence-corrected chi connectivity index (χ1v) is 7.90. The van der Waals surface area contributed by atoms with Gasteiger partial charge in [-0.2, -0.15) is 0 Å². The number of nitrogens with zero attached hydrogens (tertiary/aromatic N) is 1. The fourth-order valence-corrected chi connectivity index (χ4v) is 2.82. The Labute approximate surface area is 142 Å². The zero-order valence-electron chi connectivity index (χ0n) is 13.1. The minimum atomic E-state index is -0.598. The maximum absolute atomic E-state index is 12.2. The van der Waals surface area contributed by atoms with E-state index in [1.807, 2.05) is 0 Å². The Balaban J connectivity index is 1.87. The van der Waals surface area contributed by atoms with Crippen LogP contribution in [0, 0.1) is 6.92 Å². The number of amides is 1. The number of carbonyl (C=O) groups is 1. The topological polar surface area (TPSA) is 92.0 Å². The number of hydrogen-bond acceptors (Lipinski definition) is 6. The first kappa shape index (κ1) is 16.8. The van der Waals surface area contributed by atoms with Crippen molar-refractivity contribution in [3.63, 3.8) is 0 Å². The Morgan fingerprint density at radius 1 is 1.38 bits per heavy atom. The highest BCUT2D eigenvalue weighted by Crippen LogP contribution is 2.30. The summed E-state index contributed by atoms with van der Waals surface area (Å²) in [6.07, 6.45) is -0.0973. The minimum Gasteiger partial charge on any atom is -0.506 e. The molecule has 0 unspecified atom stereocenters. The van der Waals surface area contributed by atoms with Gasteiger partial charge in [0, 0.05) is 24.5 Å². The normalized spacial score (nSPS) is 15.6. The second-order valence-corrected chi connectivity index (χ2v) is 6.01. The van der Waals surface area contributed by atoms with Crippen LogP contribution in [0.5, 0.6) is 5.75 Å². The van der Waals surface area contributed by atoms with Crippen LogP contribution < -0.4 is 11.1 Å². The van der Waals surface area contributed by atoms with Crippen LogP contribution in [0.2, 0.25) is 5.02 Å². The zero-order valence-corrected chi connectivity index (χ0v) is 13.9. The molecule has 1 saturated heterocycles. The van der Waals surface area contributed by atoms with Crippen LogP contribution in [-0.4, -0.2) is 42.3 Å². The third-order valence-corrected chi connectivity index (χ3v) is 4.29. The van der Waals surface area contributed by atoms with Crippen molar-refractivity contribution in [3.8, 4) is 5.75 Å². The van der Waals surface area contributed by atoms with E-state index in [0.717, 1.165) is 0 Å². The highest BCUT2D eigenvalue weighted by molar-refractivity contribution is 6.32. The Morgan fingerprint density at radius 3 is 2.79 bits per heavy atom. The zero-order chi connectivity index (χ0) is 17.3. The fraction of sp³-hybridized carbons (Fsp3) is 0.375. The molecule has 0 saturated carbocycles. The SMILES string of the molecule is Cc1c(CC(=O)NN2CCOCC2)c(=O)oc2cc(O)c(Cl)cc12. The van der Waals surface area contributed by atoms with Gasteiger partial charge in [-0.15, -0.1) is 0 Å². The molecule has 3 rings (SSSR count). The van der Waals surface area contributed by atoms with Crippen molar-refractivity contribution in [1.29, 1.82) is 0 Å². The van der Waals surface area contributed by atoms with Crippen molar-refractivity contribution in [3.05, 3.63) is 38.7 Å². The molecule has 24 heavy (non-hydrogen) atoms. The molecule has 0 bridgehead atoms. The van der Waals surface area contributed by atoms with E-state index in [1.165, 1.54) is 12.1 Å². The van der Waals surface area contributed by atoms with Crippen molar-refractivity contribution < 1.29 is 19.1 Å². The van der Waals surface area contributed by atoms with Crippen LogP contribution in [0.1, 0.15) is 11.1 Å². The summed E-state index contributed by atoms with van der Waals surface area (Å²) in [5.74, 6) is -0.457. The van der Waals surface area contributed by atoms with Gasteiger partial charge in [0.1, 0.15) is 11.3 Å². The van der Waals surface area contributed by atoms with E-state index in [0.29, 0.717) is 37.3 Å². The number of phenolic OH excluding ortho intramolecular Hbond substituents is 1. The van der Waals surface area contributed by atoms with E-state index in [1.54, 1.807) is 11.9 Å². The third kappa shape index (κ3) is 3.38. The standard InChI is InChI=1S/C16H17ClN2O5/c1-9-10-6-12(17)13(20)8-14(10)24-16(22)11(9)7-15(21)18-19-2-4-23-5-3-19/h6,8,20H,2-5,7H2,1H3,(H,18,21). The molecule has 2 heterocycles. The monoisotopic (exact) mass is 352 g/mol. The van der Waals surface area contributed by atoms with E-state index in [2.05, 4.69) is 5.43 Å². The Bertz CT molecular complexity index is 842. The Kier molecular flexibility index (Phi) is 4.75. The number of rotatable bonds is 3. The van der Waals surface area contributed by atoms with Gasteiger partial charge in [-0.3, -0.25) is 10.2 Å². The molecule has 0 spiro atoms. The van der Waals surface area contributed by atoms with Gasteiger partial charge >= 0.3 is 5.63 Å². The maximum atomic E-state index is 12.2. The lowest BCUT2D eigenvalue weighted by molar-refractivity contribution is -0.127. The molecule has 2 N–H and O–H groups in total. The van der Waals surface area contributed by atoms with Crippen LogP contribution in [0.25, 0.3) is 11.0 Å². The molecule has 1 fully saturated rings. The summed E-state index contributed by atoms with van der Waals surface area (Å²) in [7, 11) is 0. The first-order chi connectivity index (χ1) is 11.5. The van der Waals surface area contributed by atoms with Crippen molar-refractivity contribution in [2.24, 2.45) is 0 Å². The molecule has 0 atom stereocenters. The first-order valence-electron chi connectivity index (χ1n) is 7.52. The summed E-state index contributed by atoms with van der Waals surface area (Å²) < 4.78 is 10.4.